The predicted octanol–water partition coefficient (Wildman–Crippen LogP) is 1.30. The molecule has 1 saturated heterocycles. The molecular weight excluding hydrogens is 204 g/mol. The van der Waals surface area contributed by atoms with Crippen molar-refractivity contribution in [1.82, 2.24) is 15.0 Å². The third-order valence-electron chi connectivity index (χ3n) is 2.78. The lowest BCUT2D eigenvalue weighted by atomic mass is 9.99. The Labute approximate surface area is 95.5 Å². The number of aryl methyl sites for hydroxylation is 1. The second kappa shape index (κ2) is 5.21. The lowest BCUT2D eigenvalue weighted by molar-refractivity contribution is 0.0835. The summed E-state index contributed by atoms with van der Waals surface area (Å²) in [7, 11) is 0. The maximum absolute atomic E-state index is 5.70. The summed E-state index contributed by atoms with van der Waals surface area (Å²) in [5.41, 5.74) is 5.70. The first-order chi connectivity index (χ1) is 7.79. The van der Waals surface area contributed by atoms with E-state index in [4.69, 9.17) is 10.5 Å². The summed E-state index contributed by atoms with van der Waals surface area (Å²) in [6.45, 7) is 3.69. The Morgan fingerprint density at radius 3 is 2.69 bits per heavy atom. The smallest absolute Gasteiger partial charge is 0.223 e. The van der Waals surface area contributed by atoms with Gasteiger partial charge in [-0.05, 0) is 19.3 Å². The molecule has 1 aromatic rings. The van der Waals surface area contributed by atoms with Gasteiger partial charge in [-0.3, -0.25) is 0 Å². The summed E-state index contributed by atoms with van der Waals surface area (Å²) >= 11 is 0. The molecule has 0 amide bonds. The molecule has 0 bridgehead atoms. The number of nitrogens with two attached hydrogens (primary N) is 1. The summed E-state index contributed by atoms with van der Waals surface area (Å²) in [5.74, 6) is 2.39. The summed E-state index contributed by atoms with van der Waals surface area (Å²) in [5, 5.41) is 0. The second-order valence-electron chi connectivity index (χ2n) is 4.10. The molecule has 0 aliphatic carbocycles. The molecule has 5 heteroatoms. The first-order valence-corrected chi connectivity index (χ1v) is 5.87. The molecule has 2 N–H and O–H groups in total. The number of aromatic nitrogens is 3. The molecular formula is C11H18N4O. The average molecular weight is 222 g/mol. The molecule has 0 spiro atoms. The highest BCUT2D eigenvalue weighted by molar-refractivity contribution is 5.17. The Morgan fingerprint density at radius 2 is 2.00 bits per heavy atom. The summed E-state index contributed by atoms with van der Waals surface area (Å²) in [6, 6.07) is 0. The summed E-state index contributed by atoms with van der Waals surface area (Å²) in [6.07, 6.45) is 3.85. The van der Waals surface area contributed by atoms with E-state index < -0.39 is 0 Å². The number of ether oxygens (including phenoxy) is 1. The fourth-order valence-electron chi connectivity index (χ4n) is 1.93. The lowest BCUT2D eigenvalue weighted by Gasteiger charge is -2.20. The van der Waals surface area contributed by atoms with Crippen molar-refractivity contribution in [1.29, 1.82) is 0 Å². The van der Waals surface area contributed by atoms with Gasteiger partial charge in [0.1, 0.15) is 11.6 Å². The van der Waals surface area contributed by atoms with Crippen molar-refractivity contribution >= 4 is 5.95 Å². The number of nitrogen functional groups attached to an aromatic ring is 1. The van der Waals surface area contributed by atoms with E-state index >= 15 is 0 Å². The predicted molar refractivity (Wildman–Crippen MR) is 61.0 cm³/mol. The Bertz CT molecular complexity index is 350. The number of hydrogen-bond donors (Lipinski definition) is 1. The minimum absolute atomic E-state index is 0.347. The van der Waals surface area contributed by atoms with Crippen LogP contribution in [0.3, 0.4) is 0 Å². The van der Waals surface area contributed by atoms with E-state index in [1.54, 1.807) is 0 Å². The highest BCUT2D eigenvalue weighted by Gasteiger charge is 2.19. The molecule has 0 radical (unpaired) electrons. The molecule has 0 atom stereocenters. The topological polar surface area (TPSA) is 73.9 Å². The Hall–Kier alpha value is -1.23. The van der Waals surface area contributed by atoms with Crippen molar-refractivity contribution in [2.45, 2.75) is 38.5 Å². The van der Waals surface area contributed by atoms with Crippen molar-refractivity contribution in [3.05, 3.63) is 11.6 Å². The van der Waals surface area contributed by atoms with Crippen LogP contribution in [0.5, 0.6) is 0 Å². The third kappa shape index (κ3) is 2.66. The molecule has 2 rings (SSSR count). The first kappa shape index (κ1) is 11.3. The van der Waals surface area contributed by atoms with E-state index in [0.717, 1.165) is 50.5 Å². The molecule has 1 aliphatic rings. The zero-order chi connectivity index (χ0) is 11.4. The molecule has 16 heavy (non-hydrogen) atoms. The average Bonchev–Trinajstić information content (AvgIpc) is 2.30. The fraction of sp³-hybridized carbons (Fsp3) is 0.727. The van der Waals surface area contributed by atoms with Gasteiger partial charge < -0.3 is 10.5 Å². The standard InChI is InChI=1S/C11H18N4O/c1-2-3-9-13-10(15-11(12)14-9)8-4-6-16-7-5-8/h8H,2-7H2,1H3,(H2,12,13,14,15). The van der Waals surface area contributed by atoms with Gasteiger partial charge in [-0.2, -0.15) is 9.97 Å². The zero-order valence-electron chi connectivity index (χ0n) is 9.65. The summed E-state index contributed by atoms with van der Waals surface area (Å²) in [4.78, 5) is 12.9. The van der Waals surface area contributed by atoms with Crippen LogP contribution >= 0.6 is 0 Å². The second-order valence-corrected chi connectivity index (χ2v) is 4.10. The van der Waals surface area contributed by atoms with Crippen LogP contribution in [0.25, 0.3) is 0 Å². The maximum atomic E-state index is 5.70. The van der Waals surface area contributed by atoms with E-state index in [9.17, 15) is 0 Å². The SMILES string of the molecule is CCCc1nc(N)nc(C2CCOCC2)n1. The number of hydrogen-bond acceptors (Lipinski definition) is 5. The van der Waals surface area contributed by atoms with Gasteiger partial charge in [-0.15, -0.1) is 0 Å². The van der Waals surface area contributed by atoms with E-state index in [2.05, 4.69) is 21.9 Å². The highest BCUT2D eigenvalue weighted by Crippen LogP contribution is 2.24. The van der Waals surface area contributed by atoms with Gasteiger partial charge in [-0.25, -0.2) is 4.98 Å². The van der Waals surface area contributed by atoms with Crippen LogP contribution in [0.1, 0.15) is 43.8 Å². The molecule has 0 unspecified atom stereocenters. The quantitative estimate of drug-likeness (QED) is 0.834. The Balaban J connectivity index is 2.18. The maximum Gasteiger partial charge on any atom is 0.223 e. The molecule has 2 heterocycles. The molecule has 88 valence electrons. The van der Waals surface area contributed by atoms with Gasteiger partial charge >= 0.3 is 0 Å². The normalized spacial score (nSPS) is 17.6. The van der Waals surface area contributed by atoms with Crippen LogP contribution < -0.4 is 5.73 Å². The van der Waals surface area contributed by atoms with E-state index in [-0.39, 0.29) is 0 Å². The summed E-state index contributed by atoms with van der Waals surface area (Å²) < 4.78 is 5.33. The molecule has 1 fully saturated rings. The minimum Gasteiger partial charge on any atom is -0.381 e. The van der Waals surface area contributed by atoms with Gasteiger partial charge in [0, 0.05) is 25.6 Å². The lowest BCUT2D eigenvalue weighted by Crippen LogP contribution is -2.18. The monoisotopic (exact) mass is 222 g/mol. The van der Waals surface area contributed by atoms with Crippen LogP contribution in [-0.4, -0.2) is 28.2 Å². The molecule has 0 aromatic carbocycles. The van der Waals surface area contributed by atoms with Crippen LogP contribution in [0.15, 0.2) is 0 Å². The number of nitrogens with zero attached hydrogens (tertiary/aromatic N) is 3. The molecule has 0 saturated carbocycles. The van der Waals surface area contributed by atoms with Crippen molar-refractivity contribution in [2.75, 3.05) is 18.9 Å². The van der Waals surface area contributed by atoms with E-state index in [1.165, 1.54) is 0 Å². The van der Waals surface area contributed by atoms with Gasteiger partial charge in [0.2, 0.25) is 5.95 Å². The highest BCUT2D eigenvalue weighted by atomic mass is 16.5. The number of anilines is 1. The van der Waals surface area contributed by atoms with Gasteiger partial charge in [0.25, 0.3) is 0 Å². The largest absolute Gasteiger partial charge is 0.381 e. The van der Waals surface area contributed by atoms with Crippen molar-refractivity contribution in [3.8, 4) is 0 Å². The minimum atomic E-state index is 0.347. The zero-order valence-corrected chi connectivity index (χ0v) is 9.65. The van der Waals surface area contributed by atoms with E-state index in [0.29, 0.717) is 11.9 Å². The first-order valence-electron chi connectivity index (χ1n) is 5.87. The number of rotatable bonds is 3. The van der Waals surface area contributed by atoms with Gasteiger partial charge in [-0.1, -0.05) is 6.92 Å². The van der Waals surface area contributed by atoms with Crippen molar-refractivity contribution < 1.29 is 4.74 Å². The van der Waals surface area contributed by atoms with Crippen molar-refractivity contribution in [3.63, 3.8) is 0 Å². The molecule has 1 aromatic heterocycles. The Kier molecular flexibility index (Phi) is 3.66. The van der Waals surface area contributed by atoms with Gasteiger partial charge in [0.05, 0.1) is 0 Å². The Morgan fingerprint density at radius 1 is 1.25 bits per heavy atom. The van der Waals surface area contributed by atoms with Crippen molar-refractivity contribution in [2.24, 2.45) is 0 Å². The molecule has 5 nitrogen and oxygen atoms in total. The van der Waals surface area contributed by atoms with E-state index in [1.807, 2.05) is 0 Å². The molecule has 1 aliphatic heterocycles. The van der Waals surface area contributed by atoms with Crippen LogP contribution in [0.2, 0.25) is 0 Å². The third-order valence-corrected chi connectivity index (χ3v) is 2.78. The van der Waals surface area contributed by atoms with Gasteiger partial charge in [0.15, 0.2) is 0 Å². The fourth-order valence-corrected chi connectivity index (χ4v) is 1.93. The van der Waals surface area contributed by atoms with Crippen LogP contribution in [-0.2, 0) is 11.2 Å². The van der Waals surface area contributed by atoms with Crippen LogP contribution in [0, 0.1) is 0 Å². The van der Waals surface area contributed by atoms with Crippen LogP contribution in [0.4, 0.5) is 5.95 Å².